The standard InChI is InChI=1S/C10H22N2O/c11-5-1-2-6-12-7-3-10(9-12)4-8-13/h10,13H,1-9,11H2. The molecule has 1 saturated heterocycles. The fourth-order valence-corrected chi connectivity index (χ4v) is 2.01. The molecule has 13 heavy (non-hydrogen) atoms. The van der Waals surface area contributed by atoms with Crippen molar-refractivity contribution in [3.05, 3.63) is 0 Å². The molecule has 1 aliphatic rings. The Labute approximate surface area is 80.9 Å². The van der Waals surface area contributed by atoms with Crippen LogP contribution >= 0.6 is 0 Å². The zero-order chi connectivity index (χ0) is 9.52. The summed E-state index contributed by atoms with van der Waals surface area (Å²) in [5.41, 5.74) is 5.44. The van der Waals surface area contributed by atoms with E-state index in [0.717, 1.165) is 25.3 Å². The molecule has 0 aromatic heterocycles. The minimum Gasteiger partial charge on any atom is -0.396 e. The Morgan fingerprint density at radius 1 is 1.38 bits per heavy atom. The molecule has 1 heterocycles. The van der Waals surface area contributed by atoms with Crippen LogP contribution in [0.4, 0.5) is 0 Å². The lowest BCUT2D eigenvalue weighted by atomic mass is 10.1. The number of hydrogen-bond donors (Lipinski definition) is 2. The van der Waals surface area contributed by atoms with Crippen molar-refractivity contribution in [3.63, 3.8) is 0 Å². The van der Waals surface area contributed by atoms with Crippen LogP contribution in [-0.2, 0) is 0 Å². The van der Waals surface area contributed by atoms with Crippen molar-refractivity contribution in [3.8, 4) is 0 Å². The molecule has 3 nitrogen and oxygen atoms in total. The molecule has 1 atom stereocenters. The van der Waals surface area contributed by atoms with Crippen molar-refractivity contribution in [2.45, 2.75) is 25.7 Å². The van der Waals surface area contributed by atoms with Crippen LogP contribution in [0.2, 0.25) is 0 Å². The van der Waals surface area contributed by atoms with Crippen molar-refractivity contribution in [2.75, 3.05) is 32.8 Å². The highest BCUT2D eigenvalue weighted by Crippen LogP contribution is 2.19. The number of nitrogens with two attached hydrogens (primary N) is 1. The molecule has 78 valence electrons. The van der Waals surface area contributed by atoms with Gasteiger partial charge in [-0.1, -0.05) is 0 Å². The van der Waals surface area contributed by atoms with E-state index < -0.39 is 0 Å². The van der Waals surface area contributed by atoms with E-state index >= 15 is 0 Å². The van der Waals surface area contributed by atoms with Gasteiger partial charge in [-0.15, -0.1) is 0 Å². The van der Waals surface area contributed by atoms with Crippen LogP contribution in [0, 0.1) is 5.92 Å². The maximum absolute atomic E-state index is 8.79. The Balaban J connectivity index is 2.03. The second-order valence-corrected chi connectivity index (χ2v) is 3.96. The number of likely N-dealkylation sites (tertiary alicyclic amines) is 1. The Hall–Kier alpha value is -0.120. The molecule has 1 rings (SSSR count). The maximum Gasteiger partial charge on any atom is 0.0434 e. The topological polar surface area (TPSA) is 49.5 Å². The van der Waals surface area contributed by atoms with Gasteiger partial charge in [0, 0.05) is 13.2 Å². The second kappa shape index (κ2) is 6.35. The third kappa shape index (κ3) is 4.07. The molecule has 1 unspecified atom stereocenters. The summed E-state index contributed by atoms with van der Waals surface area (Å²) in [5, 5.41) is 8.79. The summed E-state index contributed by atoms with van der Waals surface area (Å²) in [5.74, 6) is 0.739. The first-order valence-electron chi connectivity index (χ1n) is 5.40. The molecule has 0 aromatic carbocycles. The maximum atomic E-state index is 8.79. The summed E-state index contributed by atoms with van der Waals surface area (Å²) < 4.78 is 0. The summed E-state index contributed by atoms with van der Waals surface area (Å²) in [6, 6.07) is 0. The van der Waals surface area contributed by atoms with Gasteiger partial charge in [0.2, 0.25) is 0 Å². The summed E-state index contributed by atoms with van der Waals surface area (Å²) in [6.45, 7) is 4.76. The molecule has 1 fully saturated rings. The largest absolute Gasteiger partial charge is 0.396 e. The first-order valence-corrected chi connectivity index (χ1v) is 5.40. The van der Waals surface area contributed by atoms with Gasteiger partial charge in [0.25, 0.3) is 0 Å². The van der Waals surface area contributed by atoms with E-state index in [1.807, 2.05) is 0 Å². The van der Waals surface area contributed by atoms with E-state index in [4.69, 9.17) is 10.8 Å². The molecule has 1 aliphatic heterocycles. The summed E-state index contributed by atoms with van der Waals surface area (Å²) in [7, 11) is 0. The Kier molecular flexibility index (Phi) is 5.35. The number of aliphatic hydroxyl groups is 1. The highest BCUT2D eigenvalue weighted by atomic mass is 16.3. The lowest BCUT2D eigenvalue weighted by molar-refractivity contribution is 0.250. The summed E-state index contributed by atoms with van der Waals surface area (Å²) in [4.78, 5) is 2.50. The molecule has 3 N–H and O–H groups in total. The van der Waals surface area contributed by atoms with E-state index in [0.29, 0.717) is 6.61 Å². The van der Waals surface area contributed by atoms with Gasteiger partial charge in [0.1, 0.15) is 0 Å². The van der Waals surface area contributed by atoms with Crippen molar-refractivity contribution in [2.24, 2.45) is 11.7 Å². The third-order valence-corrected chi connectivity index (χ3v) is 2.84. The Bertz CT molecular complexity index is 130. The Morgan fingerprint density at radius 2 is 2.23 bits per heavy atom. The number of rotatable bonds is 6. The van der Waals surface area contributed by atoms with Gasteiger partial charge in [-0.2, -0.15) is 0 Å². The molecular formula is C10H22N2O. The fraction of sp³-hybridized carbons (Fsp3) is 1.00. The van der Waals surface area contributed by atoms with E-state index in [2.05, 4.69) is 4.90 Å². The van der Waals surface area contributed by atoms with Gasteiger partial charge >= 0.3 is 0 Å². The molecule has 0 aliphatic carbocycles. The smallest absolute Gasteiger partial charge is 0.0434 e. The van der Waals surface area contributed by atoms with Gasteiger partial charge < -0.3 is 15.7 Å². The minimum absolute atomic E-state index is 0.349. The molecule has 3 heteroatoms. The molecule has 0 saturated carbocycles. The first-order chi connectivity index (χ1) is 6.36. The average molecular weight is 186 g/mol. The van der Waals surface area contributed by atoms with Crippen molar-refractivity contribution < 1.29 is 5.11 Å². The Morgan fingerprint density at radius 3 is 2.92 bits per heavy atom. The molecule has 0 bridgehead atoms. The highest BCUT2D eigenvalue weighted by molar-refractivity contribution is 4.75. The van der Waals surface area contributed by atoms with Crippen LogP contribution in [0.5, 0.6) is 0 Å². The van der Waals surface area contributed by atoms with Crippen molar-refractivity contribution in [1.82, 2.24) is 4.90 Å². The van der Waals surface area contributed by atoms with Crippen LogP contribution in [0.3, 0.4) is 0 Å². The monoisotopic (exact) mass is 186 g/mol. The van der Waals surface area contributed by atoms with E-state index in [1.54, 1.807) is 0 Å². The summed E-state index contributed by atoms with van der Waals surface area (Å²) >= 11 is 0. The van der Waals surface area contributed by atoms with Gasteiger partial charge in [-0.05, 0) is 51.2 Å². The van der Waals surface area contributed by atoms with Crippen LogP contribution in [0.25, 0.3) is 0 Å². The number of unbranched alkanes of at least 4 members (excludes halogenated alkanes) is 1. The zero-order valence-electron chi connectivity index (χ0n) is 8.41. The lowest BCUT2D eigenvalue weighted by Crippen LogP contribution is -2.22. The number of nitrogens with zero attached hydrogens (tertiary/aromatic N) is 1. The fourth-order valence-electron chi connectivity index (χ4n) is 2.01. The van der Waals surface area contributed by atoms with Gasteiger partial charge in [-0.3, -0.25) is 0 Å². The molecule has 0 spiro atoms. The van der Waals surface area contributed by atoms with E-state index in [-0.39, 0.29) is 0 Å². The quantitative estimate of drug-likeness (QED) is 0.591. The minimum atomic E-state index is 0.349. The molecule has 0 aromatic rings. The summed E-state index contributed by atoms with van der Waals surface area (Å²) in [6.07, 6.45) is 4.61. The second-order valence-electron chi connectivity index (χ2n) is 3.96. The predicted octanol–water partition coefficient (Wildman–Crippen LogP) is 0.430. The normalized spacial score (nSPS) is 24.0. The zero-order valence-corrected chi connectivity index (χ0v) is 8.41. The van der Waals surface area contributed by atoms with Gasteiger partial charge in [-0.25, -0.2) is 0 Å². The van der Waals surface area contributed by atoms with Crippen LogP contribution in [-0.4, -0.2) is 42.8 Å². The van der Waals surface area contributed by atoms with Crippen molar-refractivity contribution >= 4 is 0 Å². The van der Waals surface area contributed by atoms with Crippen LogP contribution < -0.4 is 5.73 Å². The SMILES string of the molecule is NCCCCN1CCC(CCO)C1. The van der Waals surface area contributed by atoms with E-state index in [1.165, 1.54) is 32.5 Å². The molecule has 0 radical (unpaired) electrons. The number of aliphatic hydroxyl groups excluding tert-OH is 1. The molecular weight excluding hydrogens is 164 g/mol. The predicted molar refractivity (Wildman–Crippen MR) is 54.5 cm³/mol. The first kappa shape index (κ1) is 11.0. The third-order valence-electron chi connectivity index (χ3n) is 2.84. The van der Waals surface area contributed by atoms with Gasteiger partial charge in [0.05, 0.1) is 0 Å². The van der Waals surface area contributed by atoms with Crippen LogP contribution in [0.15, 0.2) is 0 Å². The average Bonchev–Trinajstić information content (AvgIpc) is 2.54. The number of hydrogen-bond acceptors (Lipinski definition) is 3. The van der Waals surface area contributed by atoms with Crippen LogP contribution in [0.1, 0.15) is 25.7 Å². The highest BCUT2D eigenvalue weighted by Gasteiger charge is 2.20. The lowest BCUT2D eigenvalue weighted by Gasteiger charge is -2.15. The molecule has 0 amide bonds. The van der Waals surface area contributed by atoms with Gasteiger partial charge in [0.15, 0.2) is 0 Å². The van der Waals surface area contributed by atoms with Crippen molar-refractivity contribution in [1.29, 1.82) is 0 Å². The van der Waals surface area contributed by atoms with E-state index in [9.17, 15) is 0 Å².